The lowest BCUT2D eigenvalue weighted by Crippen LogP contribution is -2.14. The van der Waals surface area contributed by atoms with E-state index in [2.05, 4.69) is 15.6 Å². The van der Waals surface area contributed by atoms with E-state index in [1.165, 1.54) is 23.1 Å². The molecule has 1 heterocycles. The second-order valence-corrected chi connectivity index (χ2v) is 9.59. The van der Waals surface area contributed by atoms with E-state index in [1.807, 2.05) is 61.5 Å². The predicted octanol–water partition coefficient (Wildman–Crippen LogP) is 6.11. The van der Waals surface area contributed by atoms with Gasteiger partial charge in [-0.3, -0.25) is 9.59 Å². The number of rotatable bonds is 8. The molecule has 34 heavy (non-hydrogen) atoms. The lowest BCUT2D eigenvalue weighted by molar-refractivity contribution is -0.113. The molecule has 6 nitrogen and oxygen atoms in total. The SMILES string of the molecule is COc1ccc(C(=O)Nc2cccc(SCC(=O)Nc3nc(-c4ccccc4)c(C)s3)c2)cc1. The number of hydrogen-bond donors (Lipinski definition) is 2. The molecule has 0 aliphatic carbocycles. The molecule has 2 amide bonds. The van der Waals surface area contributed by atoms with Crippen LogP contribution in [0.15, 0.2) is 83.8 Å². The van der Waals surface area contributed by atoms with Crippen LogP contribution in [-0.4, -0.2) is 29.7 Å². The molecule has 0 aliphatic rings. The van der Waals surface area contributed by atoms with Crippen molar-refractivity contribution in [1.82, 2.24) is 4.98 Å². The summed E-state index contributed by atoms with van der Waals surface area (Å²) in [5.74, 6) is 0.578. The molecule has 0 aliphatic heterocycles. The average Bonchev–Trinajstić information content (AvgIpc) is 3.23. The average molecular weight is 490 g/mol. The number of aryl methyl sites for hydroxylation is 1. The van der Waals surface area contributed by atoms with Crippen molar-refractivity contribution in [2.45, 2.75) is 11.8 Å². The van der Waals surface area contributed by atoms with E-state index in [0.29, 0.717) is 22.1 Å². The molecule has 0 fully saturated rings. The summed E-state index contributed by atoms with van der Waals surface area (Å²) in [6.07, 6.45) is 0. The predicted molar refractivity (Wildman–Crippen MR) is 139 cm³/mol. The first-order valence-corrected chi connectivity index (χ1v) is 12.3. The highest BCUT2D eigenvalue weighted by atomic mass is 32.2. The molecule has 0 spiro atoms. The summed E-state index contributed by atoms with van der Waals surface area (Å²) >= 11 is 2.86. The molecule has 0 saturated carbocycles. The van der Waals surface area contributed by atoms with E-state index in [0.717, 1.165) is 21.0 Å². The van der Waals surface area contributed by atoms with Gasteiger partial charge in [0.15, 0.2) is 5.13 Å². The van der Waals surface area contributed by atoms with Crippen molar-refractivity contribution in [1.29, 1.82) is 0 Å². The highest BCUT2D eigenvalue weighted by molar-refractivity contribution is 8.00. The molecule has 1 aromatic heterocycles. The smallest absolute Gasteiger partial charge is 0.255 e. The second-order valence-electron chi connectivity index (χ2n) is 7.34. The zero-order chi connectivity index (χ0) is 23.9. The van der Waals surface area contributed by atoms with Crippen LogP contribution in [0.1, 0.15) is 15.2 Å². The molecule has 8 heteroatoms. The lowest BCUT2D eigenvalue weighted by atomic mass is 10.1. The Morgan fingerprint density at radius 3 is 2.47 bits per heavy atom. The Labute approximate surface area is 206 Å². The van der Waals surface area contributed by atoms with Gasteiger partial charge in [-0.2, -0.15) is 0 Å². The number of methoxy groups -OCH3 is 1. The number of ether oxygens (including phenoxy) is 1. The fourth-order valence-corrected chi connectivity index (χ4v) is 4.83. The number of thiazole rings is 1. The molecule has 172 valence electrons. The van der Waals surface area contributed by atoms with Crippen molar-refractivity contribution in [3.63, 3.8) is 0 Å². The number of thioether (sulfide) groups is 1. The highest BCUT2D eigenvalue weighted by Crippen LogP contribution is 2.30. The maximum Gasteiger partial charge on any atom is 0.255 e. The van der Waals surface area contributed by atoms with E-state index < -0.39 is 0 Å². The molecule has 0 saturated heterocycles. The third-order valence-corrected chi connectivity index (χ3v) is 6.78. The van der Waals surface area contributed by atoms with Gasteiger partial charge in [-0.25, -0.2) is 4.98 Å². The van der Waals surface area contributed by atoms with Crippen molar-refractivity contribution in [2.75, 3.05) is 23.5 Å². The van der Waals surface area contributed by atoms with Crippen LogP contribution in [0.5, 0.6) is 5.75 Å². The minimum absolute atomic E-state index is 0.133. The molecule has 0 atom stereocenters. The van der Waals surface area contributed by atoms with Gasteiger partial charge in [0.05, 0.1) is 18.6 Å². The number of carbonyl (C=O) groups is 2. The van der Waals surface area contributed by atoms with Crippen molar-refractivity contribution in [3.05, 3.63) is 89.3 Å². The zero-order valence-corrected chi connectivity index (χ0v) is 20.3. The van der Waals surface area contributed by atoms with Crippen molar-refractivity contribution < 1.29 is 14.3 Å². The Morgan fingerprint density at radius 1 is 0.971 bits per heavy atom. The first-order valence-electron chi connectivity index (χ1n) is 10.5. The largest absolute Gasteiger partial charge is 0.497 e. The Bertz CT molecular complexity index is 1290. The molecule has 4 rings (SSSR count). The minimum Gasteiger partial charge on any atom is -0.497 e. The summed E-state index contributed by atoms with van der Waals surface area (Å²) in [6.45, 7) is 2.00. The maximum absolute atomic E-state index is 12.5. The first kappa shape index (κ1) is 23.5. The first-order chi connectivity index (χ1) is 16.5. The number of nitrogens with zero attached hydrogens (tertiary/aromatic N) is 1. The Hall–Kier alpha value is -3.62. The number of amides is 2. The monoisotopic (exact) mass is 489 g/mol. The van der Waals surface area contributed by atoms with Crippen LogP contribution >= 0.6 is 23.1 Å². The fraction of sp³-hybridized carbons (Fsp3) is 0.115. The molecule has 0 radical (unpaired) electrons. The molecular weight excluding hydrogens is 466 g/mol. The number of nitrogens with one attached hydrogen (secondary N) is 2. The van der Waals surface area contributed by atoms with E-state index in [9.17, 15) is 9.59 Å². The summed E-state index contributed by atoms with van der Waals surface area (Å²) < 4.78 is 5.12. The maximum atomic E-state index is 12.5. The number of hydrogen-bond acceptors (Lipinski definition) is 6. The second kappa shape index (κ2) is 11.0. The van der Waals surface area contributed by atoms with E-state index in [1.54, 1.807) is 31.4 Å². The minimum atomic E-state index is -0.212. The summed E-state index contributed by atoms with van der Waals surface area (Å²) in [5.41, 5.74) is 3.11. The van der Waals surface area contributed by atoms with Crippen LogP contribution in [0.2, 0.25) is 0 Å². The van der Waals surface area contributed by atoms with Gasteiger partial charge in [0.25, 0.3) is 5.91 Å². The summed E-state index contributed by atoms with van der Waals surface area (Å²) in [4.78, 5) is 31.5. The van der Waals surface area contributed by atoms with Crippen LogP contribution < -0.4 is 15.4 Å². The van der Waals surface area contributed by atoms with Crippen LogP contribution in [0.4, 0.5) is 10.8 Å². The Morgan fingerprint density at radius 2 is 1.74 bits per heavy atom. The third kappa shape index (κ3) is 6.03. The highest BCUT2D eigenvalue weighted by Gasteiger charge is 2.13. The fourth-order valence-electron chi connectivity index (χ4n) is 3.23. The quantitative estimate of drug-likeness (QED) is 0.292. The van der Waals surface area contributed by atoms with Gasteiger partial charge in [0, 0.05) is 26.6 Å². The molecule has 3 aromatic carbocycles. The number of aromatic nitrogens is 1. The van der Waals surface area contributed by atoms with Gasteiger partial charge in [0.1, 0.15) is 5.75 Å². The van der Waals surface area contributed by atoms with Gasteiger partial charge in [0.2, 0.25) is 5.91 Å². The van der Waals surface area contributed by atoms with Crippen LogP contribution in [0.3, 0.4) is 0 Å². The number of carbonyl (C=O) groups excluding carboxylic acids is 2. The van der Waals surface area contributed by atoms with Gasteiger partial charge in [-0.15, -0.1) is 23.1 Å². The van der Waals surface area contributed by atoms with Gasteiger partial charge < -0.3 is 15.4 Å². The van der Waals surface area contributed by atoms with Gasteiger partial charge in [-0.1, -0.05) is 36.4 Å². The molecule has 4 aromatic rings. The van der Waals surface area contributed by atoms with E-state index in [-0.39, 0.29) is 17.6 Å². The molecule has 0 unspecified atom stereocenters. The van der Waals surface area contributed by atoms with Gasteiger partial charge >= 0.3 is 0 Å². The summed E-state index contributed by atoms with van der Waals surface area (Å²) in [7, 11) is 1.58. The van der Waals surface area contributed by atoms with Crippen LogP contribution in [0, 0.1) is 6.92 Å². The number of benzene rings is 3. The summed E-state index contributed by atoms with van der Waals surface area (Å²) in [5, 5.41) is 6.36. The van der Waals surface area contributed by atoms with Crippen molar-refractivity contribution in [2.24, 2.45) is 0 Å². The van der Waals surface area contributed by atoms with E-state index >= 15 is 0 Å². The Kier molecular flexibility index (Phi) is 7.61. The van der Waals surface area contributed by atoms with Gasteiger partial charge in [-0.05, 0) is 49.4 Å². The van der Waals surface area contributed by atoms with Crippen LogP contribution in [0.25, 0.3) is 11.3 Å². The van der Waals surface area contributed by atoms with Crippen LogP contribution in [-0.2, 0) is 4.79 Å². The zero-order valence-electron chi connectivity index (χ0n) is 18.7. The Balaban J connectivity index is 1.33. The molecule has 2 N–H and O–H groups in total. The topological polar surface area (TPSA) is 80.3 Å². The van der Waals surface area contributed by atoms with Crippen molar-refractivity contribution in [3.8, 4) is 17.0 Å². The standard InChI is InChI=1S/C26H23N3O3S2/c1-17-24(18-7-4-3-5-8-18)29-26(34-17)28-23(30)16-33-22-10-6-9-20(15-22)27-25(31)19-11-13-21(32-2)14-12-19/h3-15H,16H2,1-2H3,(H,27,31)(H,28,29,30). The normalized spacial score (nSPS) is 10.5. The van der Waals surface area contributed by atoms with E-state index in [4.69, 9.17) is 4.74 Å². The molecule has 0 bridgehead atoms. The third-order valence-electron chi connectivity index (χ3n) is 4.90. The lowest BCUT2D eigenvalue weighted by Gasteiger charge is -2.08. The molecular formula is C26H23N3O3S2. The van der Waals surface area contributed by atoms with Crippen molar-refractivity contribution >= 4 is 45.7 Å². The summed E-state index contributed by atoms with van der Waals surface area (Å²) in [6, 6.07) is 24.2. The number of anilines is 2.